The molecule has 1 aliphatic rings. The van der Waals surface area contributed by atoms with E-state index in [1.54, 1.807) is 12.1 Å². The molecule has 1 fully saturated rings. The van der Waals surface area contributed by atoms with Gasteiger partial charge in [0.1, 0.15) is 5.01 Å². The van der Waals surface area contributed by atoms with Gasteiger partial charge in [0.05, 0.1) is 4.90 Å². The molecule has 0 saturated carbocycles. The van der Waals surface area contributed by atoms with Crippen LogP contribution in [0, 0.1) is 12.8 Å². The molecule has 1 unspecified atom stereocenters. The van der Waals surface area contributed by atoms with E-state index in [9.17, 15) is 13.2 Å². The fourth-order valence-electron chi connectivity index (χ4n) is 4.16. The molecule has 4 rings (SSSR count). The lowest BCUT2D eigenvalue weighted by molar-refractivity contribution is 0.102. The van der Waals surface area contributed by atoms with Crippen molar-refractivity contribution in [2.75, 3.05) is 18.4 Å². The van der Waals surface area contributed by atoms with Crippen molar-refractivity contribution in [1.29, 1.82) is 0 Å². The van der Waals surface area contributed by atoms with Crippen LogP contribution in [0.4, 0.5) is 5.69 Å². The number of aromatic nitrogens is 2. The number of rotatable bonds is 7. The molecule has 7 nitrogen and oxygen atoms in total. The molecule has 1 saturated heterocycles. The van der Waals surface area contributed by atoms with Gasteiger partial charge in [-0.3, -0.25) is 4.79 Å². The zero-order chi connectivity index (χ0) is 24.3. The van der Waals surface area contributed by atoms with E-state index in [1.165, 1.54) is 15.6 Å². The van der Waals surface area contributed by atoms with Gasteiger partial charge in [0, 0.05) is 24.7 Å². The molecule has 1 aromatic heterocycles. The Hall–Kier alpha value is -2.62. The highest BCUT2D eigenvalue weighted by atomic mass is 32.2. The Morgan fingerprint density at radius 2 is 1.88 bits per heavy atom. The third-order valence-electron chi connectivity index (χ3n) is 5.97. The number of sulfonamides is 1. The Morgan fingerprint density at radius 3 is 2.59 bits per heavy atom. The summed E-state index contributed by atoms with van der Waals surface area (Å²) < 4.78 is 28.1. The highest BCUT2D eigenvalue weighted by molar-refractivity contribution is 7.89. The van der Waals surface area contributed by atoms with Crippen LogP contribution in [0.5, 0.6) is 0 Å². The minimum atomic E-state index is -3.59. The topological polar surface area (TPSA) is 92.3 Å². The smallest absolute Gasteiger partial charge is 0.286 e. The van der Waals surface area contributed by atoms with Gasteiger partial charge in [-0.05, 0) is 61.4 Å². The number of para-hydroxylation sites is 1. The predicted molar refractivity (Wildman–Crippen MR) is 135 cm³/mol. The third-order valence-corrected chi connectivity index (χ3v) is 8.93. The molecule has 1 aliphatic heterocycles. The molecule has 2 aromatic carbocycles. The normalized spacial score (nSPS) is 17.1. The molecule has 0 radical (unpaired) electrons. The first-order valence-corrected chi connectivity index (χ1v) is 13.8. The molecular formula is C25H30N4O3S2. The van der Waals surface area contributed by atoms with Gasteiger partial charge in [0.25, 0.3) is 5.91 Å². The third kappa shape index (κ3) is 5.54. The van der Waals surface area contributed by atoms with Crippen LogP contribution >= 0.6 is 11.3 Å². The van der Waals surface area contributed by atoms with Crippen molar-refractivity contribution in [3.05, 3.63) is 69.7 Å². The summed E-state index contributed by atoms with van der Waals surface area (Å²) in [5, 5.41) is 12.2. The van der Waals surface area contributed by atoms with Gasteiger partial charge >= 0.3 is 0 Å². The number of benzene rings is 2. The summed E-state index contributed by atoms with van der Waals surface area (Å²) in [7, 11) is -3.59. The fourth-order valence-corrected chi connectivity index (χ4v) is 6.55. The largest absolute Gasteiger partial charge is 0.320 e. The number of hydrogen-bond acceptors (Lipinski definition) is 6. The molecule has 180 valence electrons. The maximum absolute atomic E-state index is 13.3. The molecule has 0 aliphatic carbocycles. The Kier molecular flexibility index (Phi) is 7.45. The number of nitrogens with zero attached hydrogens (tertiary/aromatic N) is 3. The molecule has 1 atom stereocenters. The zero-order valence-corrected chi connectivity index (χ0v) is 21.3. The van der Waals surface area contributed by atoms with E-state index < -0.39 is 10.0 Å². The quantitative estimate of drug-likeness (QED) is 0.502. The van der Waals surface area contributed by atoms with Gasteiger partial charge in [-0.2, -0.15) is 4.31 Å². The number of nitrogens with one attached hydrogen (secondary N) is 1. The van der Waals surface area contributed by atoms with Crippen molar-refractivity contribution in [2.45, 2.75) is 50.8 Å². The second-order valence-corrected chi connectivity index (χ2v) is 12.1. The first-order valence-electron chi connectivity index (χ1n) is 11.5. The van der Waals surface area contributed by atoms with Gasteiger partial charge in [0.2, 0.25) is 15.0 Å². The first-order chi connectivity index (χ1) is 16.2. The first kappa shape index (κ1) is 24.5. The van der Waals surface area contributed by atoms with Crippen LogP contribution in [-0.2, 0) is 16.4 Å². The van der Waals surface area contributed by atoms with Crippen LogP contribution < -0.4 is 5.32 Å². The van der Waals surface area contributed by atoms with E-state index >= 15 is 0 Å². The summed E-state index contributed by atoms with van der Waals surface area (Å²) in [6, 6.07) is 14.8. The van der Waals surface area contributed by atoms with E-state index in [-0.39, 0.29) is 16.8 Å². The van der Waals surface area contributed by atoms with Crippen molar-refractivity contribution in [2.24, 2.45) is 5.92 Å². The predicted octanol–water partition coefficient (Wildman–Crippen LogP) is 4.87. The maximum Gasteiger partial charge on any atom is 0.286 e. The van der Waals surface area contributed by atoms with Crippen molar-refractivity contribution in [3.8, 4) is 0 Å². The van der Waals surface area contributed by atoms with Crippen molar-refractivity contribution >= 4 is 33.0 Å². The number of amides is 1. The SMILES string of the molecule is Cc1ccccc1NC(=O)c1nnc(C2CCCN(S(=O)(=O)c3ccc(CC(C)C)cc3)C2)s1. The molecule has 3 aromatic rings. The van der Waals surface area contributed by atoms with Crippen LogP contribution in [0.1, 0.15) is 58.5 Å². The van der Waals surface area contributed by atoms with Crippen LogP contribution in [0.15, 0.2) is 53.4 Å². The summed E-state index contributed by atoms with van der Waals surface area (Å²) in [6.07, 6.45) is 2.47. The second-order valence-electron chi connectivity index (χ2n) is 9.16. The van der Waals surface area contributed by atoms with Gasteiger partial charge in [-0.1, -0.05) is 55.5 Å². The average molecular weight is 499 g/mol. The number of anilines is 1. The zero-order valence-electron chi connectivity index (χ0n) is 19.7. The minimum Gasteiger partial charge on any atom is -0.320 e. The average Bonchev–Trinajstić information content (AvgIpc) is 3.31. The lowest BCUT2D eigenvalue weighted by Crippen LogP contribution is -2.39. The fraction of sp³-hybridized carbons (Fsp3) is 0.400. The molecule has 9 heteroatoms. The number of carbonyl (C=O) groups is 1. The van der Waals surface area contributed by atoms with Gasteiger partial charge in [-0.15, -0.1) is 10.2 Å². The Morgan fingerprint density at radius 1 is 1.15 bits per heavy atom. The van der Waals surface area contributed by atoms with Crippen LogP contribution in [-0.4, -0.2) is 41.9 Å². The van der Waals surface area contributed by atoms with Crippen molar-refractivity contribution < 1.29 is 13.2 Å². The van der Waals surface area contributed by atoms with Crippen LogP contribution in [0.2, 0.25) is 0 Å². The summed E-state index contributed by atoms with van der Waals surface area (Å²) >= 11 is 1.23. The van der Waals surface area contributed by atoms with Crippen molar-refractivity contribution in [1.82, 2.24) is 14.5 Å². The number of hydrogen-bond donors (Lipinski definition) is 1. The van der Waals surface area contributed by atoms with E-state index in [4.69, 9.17) is 0 Å². The summed E-state index contributed by atoms with van der Waals surface area (Å²) in [5.74, 6) is 0.127. The van der Waals surface area contributed by atoms with Gasteiger partial charge in [0.15, 0.2) is 0 Å². The number of aryl methyl sites for hydroxylation is 1. The molecule has 0 spiro atoms. The Balaban J connectivity index is 1.45. The maximum atomic E-state index is 13.3. The highest BCUT2D eigenvalue weighted by Crippen LogP contribution is 2.32. The monoisotopic (exact) mass is 498 g/mol. The summed E-state index contributed by atoms with van der Waals surface area (Å²) in [5.41, 5.74) is 2.83. The lowest BCUT2D eigenvalue weighted by atomic mass is 10.0. The standard InChI is InChI=1S/C25H30N4O3S2/c1-17(2)15-19-10-12-21(13-11-19)34(31,32)29-14-6-8-20(16-29)24-27-28-25(33-24)23(30)26-22-9-5-4-7-18(22)3/h4-5,7,9-13,17,20H,6,8,14-16H2,1-3H3,(H,26,30). The van der Waals surface area contributed by atoms with E-state index in [0.717, 1.165) is 36.1 Å². The molecule has 1 amide bonds. The number of piperidine rings is 1. The van der Waals surface area contributed by atoms with Crippen LogP contribution in [0.25, 0.3) is 0 Å². The molecule has 0 bridgehead atoms. The van der Waals surface area contributed by atoms with E-state index in [0.29, 0.717) is 28.9 Å². The van der Waals surface area contributed by atoms with Crippen molar-refractivity contribution in [3.63, 3.8) is 0 Å². The molecule has 2 heterocycles. The molecule has 34 heavy (non-hydrogen) atoms. The Labute approximate surface area is 205 Å². The van der Waals surface area contributed by atoms with E-state index in [2.05, 4.69) is 29.4 Å². The van der Waals surface area contributed by atoms with Gasteiger partial charge < -0.3 is 5.32 Å². The number of carbonyl (C=O) groups excluding carboxylic acids is 1. The lowest BCUT2D eigenvalue weighted by Gasteiger charge is -2.30. The van der Waals surface area contributed by atoms with Crippen LogP contribution in [0.3, 0.4) is 0 Å². The minimum absolute atomic E-state index is 0.0822. The van der Waals surface area contributed by atoms with E-state index in [1.807, 2.05) is 43.3 Å². The van der Waals surface area contributed by atoms with Gasteiger partial charge in [-0.25, -0.2) is 8.42 Å². The highest BCUT2D eigenvalue weighted by Gasteiger charge is 2.33. The Bertz CT molecular complexity index is 1250. The summed E-state index contributed by atoms with van der Waals surface area (Å²) in [6.45, 7) is 7.03. The summed E-state index contributed by atoms with van der Waals surface area (Å²) in [4.78, 5) is 13.0. The molecule has 1 N–H and O–H groups in total. The molecular weight excluding hydrogens is 468 g/mol. The second kappa shape index (κ2) is 10.3.